The van der Waals surface area contributed by atoms with Gasteiger partial charge in [0.15, 0.2) is 0 Å². The van der Waals surface area contributed by atoms with Crippen LogP contribution < -0.4 is 10.6 Å². The average molecular weight is 431 g/mol. The number of para-hydroxylation sites is 1. The summed E-state index contributed by atoms with van der Waals surface area (Å²) in [4.78, 5) is 12.5. The van der Waals surface area contributed by atoms with Gasteiger partial charge in [0, 0.05) is 42.9 Å². The minimum atomic E-state index is -0.439. The summed E-state index contributed by atoms with van der Waals surface area (Å²) in [6, 6.07) is 15.7. The van der Waals surface area contributed by atoms with E-state index in [-0.39, 0.29) is 36.5 Å². The van der Waals surface area contributed by atoms with Crippen molar-refractivity contribution in [3.63, 3.8) is 0 Å². The van der Waals surface area contributed by atoms with Gasteiger partial charge < -0.3 is 15.7 Å². The first-order chi connectivity index (χ1) is 14.1. The number of nitrogens with zero attached hydrogens (tertiary/aromatic N) is 2. The number of rotatable bonds is 6. The number of carbonyl (C=O) groups is 1. The van der Waals surface area contributed by atoms with E-state index in [1.165, 1.54) is 12.1 Å². The molecule has 8 heteroatoms. The Kier molecular flexibility index (Phi) is 7.20. The van der Waals surface area contributed by atoms with Gasteiger partial charge in [0.25, 0.3) is 0 Å². The fourth-order valence-corrected chi connectivity index (χ4v) is 3.51. The first-order valence-corrected chi connectivity index (χ1v) is 9.65. The Morgan fingerprint density at radius 3 is 2.57 bits per heavy atom. The first-order valence-electron chi connectivity index (χ1n) is 9.65. The molecular weight excluding hydrogens is 407 g/mol. The Morgan fingerprint density at radius 1 is 1.17 bits per heavy atom. The van der Waals surface area contributed by atoms with Crippen molar-refractivity contribution in [2.45, 2.75) is 12.5 Å². The normalized spacial score (nSPS) is 18.1. The van der Waals surface area contributed by atoms with Gasteiger partial charge in [-0.2, -0.15) is 5.10 Å². The van der Waals surface area contributed by atoms with Crippen LogP contribution in [0, 0.1) is 11.7 Å². The highest BCUT2D eigenvalue weighted by Crippen LogP contribution is 2.24. The van der Waals surface area contributed by atoms with Crippen LogP contribution >= 0.6 is 12.4 Å². The van der Waals surface area contributed by atoms with Gasteiger partial charge in [-0.05, 0) is 36.4 Å². The second-order valence-corrected chi connectivity index (χ2v) is 7.26. The number of benzene rings is 2. The SMILES string of the molecule is Cl.O=C(Cc1cn(-c2ccccc2)nc1-c1ccc(F)cc1)NCC1CNCC1O. The lowest BCUT2D eigenvalue weighted by atomic mass is 10.0. The number of hydrogen-bond donors (Lipinski definition) is 3. The molecule has 3 aromatic rings. The van der Waals surface area contributed by atoms with E-state index < -0.39 is 6.10 Å². The van der Waals surface area contributed by atoms with Gasteiger partial charge in [-0.25, -0.2) is 9.07 Å². The third kappa shape index (κ3) is 5.05. The molecule has 0 radical (unpaired) electrons. The standard InChI is InChI=1S/C22H23FN4O2.ClH/c23-18-8-6-15(7-9-18)22-16(14-27(26-22)19-4-2-1-3-5-19)10-21(29)25-12-17-11-24-13-20(17)28;/h1-9,14,17,20,24,28H,10-13H2,(H,25,29);1H. The number of aliphatic hydroxyl groups is 1. The quantitative estimate of drug-likeness (QED) is 0.561. The van der Waals surface area contributed by atoms with Crippen LogP contribution in [-0.2, 0) is 11.2 Å². The second-order valence-electron chi connectivity index (χ2n) is 7.26. The van der Waals surface area contributed by atoms with Gasteiger partial charge in [0.1, 0.15) is 5.82 Å². The molecule has 6 nitrogen and oxygen atoms in total. The maximum atomic E-state index is 13.3. The van der Waals surface area contributed by atoms with Gasteiger partial charge >= 0.3 is 0 Å². The van der Waals surface area contributed by atoms with Gasteiger partial charge in [0.05, 0.1) is 23.9 Å². The molecule has 0 bridgehead atoms. The largest absolute Gasteiger partial charge is 0.391 e. The zero-order chi connectivity index (χ0) is 20.2. The summed E-state index contributed by atoms with van der Waals surface area (Å²) in [5.41, 5.74) is 3.02. The van der Waals surface area contributed by atoms with Crippen LogP contribution in [0.1, 0.15) is 5.56 Å². The number of amides is 1. The number of β-amino-alcohol motifs (C(OH)–C–C–N with tert-alkyl or cyclic N) is 1. The monoisotopic (exact) mass is 430 g/mol. The highest BCUT2D eigenvalue weighted by atomic mass is 35.5. The third-order valence-corrected chi connectivity index (χ3v) is 5.14. The summed E-state index contributed by atoms with van der Waals surface area (Å²) in [6.45, 7) is 1.67. The van der Waals surface area contributed by atoms with E-state index in [0.29, 0.717) is 25.3 Å². The Hall–Kier alpha value is -2.74. The van der Waals surface area contributed by atoms with E-state index in [4.69, 9.17) is 0 Å². The van der Waals surface area contributed by atoms with E-state index in [2.05, 4.69) is 15.7 Å². The lowest BCUT2D eigenvalue weighted by molar-refractivity contribution is -0.120. The molecule has 0 spiro atoms. The van der Waals surface area contributed by atoms with E-state index in [1.807, 2.05) is 36.5 Å². The van der Waals surface area contributed by atoms with Gasteiger partial charge in [-0.1, -0.05) is 18.2 Å². The molecule has 3 N–H and O–H groups in total. The molecule has 2 aromatic carbocycles. The number of aromatic nitrogens is 2. The van der Waals surface area contributed by atoms with Crippen LogP contribution in [0.25, 0.3) is 16.9 Å². The Morgan fingerprint density at radius 2 is 1.90 bits per heavy atom. The van der Waals surface area contributed by atoms with Crippen LogP contribution in [-0.4, -0.2) is 46.5 Å². The molecule has 0 aliphatic carbocycles. The maximum Gasteiger partial charge on any atom is 0.224 e. The van der Waals surface area contributed by atoms with E-state index >= 15 is 0 Å². The van der Waals surface area contributed by atoms with Crippen LogP contribution in [0.15, 0.2) is 60.8 Å². The van der Waals surface area contributed by atoms with Gasteiger partial charge in [0.2, 0.25) is 5.91 Å². The number of aliphatic hydroxyl groups excluding tert-OH is 1. The van der Waals surface area contributed by atoms with Gasteiger partial charge in [-0.3, -0.25) is 4.79 Å². The maximum absolute atomic E-state index is 13.3. The number of nitrogens with one attached hydrogen (secondary N) is 2. The summed E-state index contributed by atoms with van der Waals surface area (Å²) in [7, 11) is 0. The Balaban J connectivity index is 0.00000256. The fraction of sp³-hybridized carbons (Fsp3) is 0.273. The lowest BCUT2D eigenvalue weighted by Gasteiger charge is -2.14. The molecule has 1 saturated heterocycles. The van der Waals surface area contributed by atoms with E-state index in [9.17, 15) is 14.3 Å². The van der Waals surface area contributed by atoms with Crippen molar-refractivity contribution in [3.05, 3.63) is 72.2 Å². The molecule has 158 valence electrons. The zero-order valence-corrected chi connectivity index (χ0v) is 17.1. The zero-order valence-electron chi connectivity index (χ0n) is 16.3. The molecule has 1 aliphatic heterocycles. The topological polar surface area (TPSA) is 79.2 Å². The third-order valence-electron chi connectivity index (χ3n) is 5.14. The Labute approximate surface area is 180 Å². The molecule has 0 saturated carbocycles. The molecule has 4 rings (SSSR count). The highest BCUT2D eigenvalue weighted by molar-refractivity contribution is 5.85. The van der Waals surface area contributed by atoms with Crippen molar-refractivity contribution in [1.29, 1.82) is 0 Å². The number of halogens is 2. The molecular formula is C22H24ClFN4O2. The fourth-order valence-electron chi connectivity index (χ4n) is 3.51. The van der Waals surface area contributed by atoms with Crippen molar-refractivity contribution < 1.29 is 14.3 Å². The molecule has 1 aromatic heterocycles. The molecule has 2 heterocycles. The average Bonchev–Trinajstić information content (AvgIpc) is 3.34. The minimum Gasteiger partial charge on any atom is -0.391 e. The molecule has 1 fully saturated rings. The molecule has 1 amide bonds. The molecule has 30 heavy (non-hydrogen) atoms. The summed E-state index contributed by atoms with van der Waals surface area (Å²) < 4.78 is 15.1. The second kappa shape index (κ2) is 9.84. The van der Waals surface area contributed by atoms with Crippen LogP contribution in [0.3, 0.4) is 0 Å². The summed E-state index contributed by atoms with van der Waals surface area (Å²) in [5.74, 6) is -0.443. The van der Waals surface area contributed by atoms with E-state index in [1.54, 1.807) is 16.8 Å². The van der Waals surface area contributed by atoms with Crippen molar-refractivity contribution in [3.8, 4) is 16.9 Å². The van der Waals surface area contributed by atoms with Crippen LogP contribution in [0.5, 0.6) is 0 Å². The Bertz CT molecular complexity index is 979. The van der Waals surface area contributed by atoms with Crippen LogP contribution in [0.2, 0.25) is 0 Å². The number of carbonyl (C=O) groups excluding carboxylic acids is 1. The lowest BCUT2D eigenvalue weighted by Crippen LogP contribution is -2.35. The predicted molar refractivity (Wildman–Crippen MR) is 115 cm³/mol. The number of hydrogen-bond acceptors (Lipinski definition) is 4. The summed E-state index contributed by atoms with van der Waals surface area (Å²) in [5, 5.41) is 20.5. The van der Waals surface area contributed by atoms with E-state index in [0.717, 1.165) is 16.8 Å². The van der Waals surface area contributed by atoms with Crippen molar-refractivity contribution in [1.82, 2.24) is 20.4 Å². The summed E-state index contributed by atoms with van der Waals surface area (Å²) >= 11 is 0. The van der Waals surface area contributed by atoms with Gasteiger partial charge in [-0.15, -0.1) is 12.4 Å². The van der Waals surface area contributed by atoms with Crippen molar-refractivity contribution >= 4 is 18.3 Å². The molecule has 1 aliphatic rings. The van der Waals surface area contributed by atoms with Crippen molar-refractivity contribution in [2.24, 2.45) is 5.92 Å². The molecule has 2 atom stereocenters. The highest BCUT2D eigenvalue weighted by Gasteiger charge is 2.25. The van der Waals surface area contributed by atoms with Crippen LogP contribution in [0.4, 0.5) is 4.39 Å². The summed E-state index contributed by atoms with van der Waals surface area (Å²) in [6.07, 6.45) is 1.54. The minimum absolute atomic E-state index is 0. The predicted octanol–water partition coefficient (Wildman–Crippen LogP) is 2.34. The smallest absolute Gasteiger partial charge is 0.224 e. The molecule has 2 unspecified atom stereocenters. The van der Waals surface area contributed by atoms with Crippen molar-refractivity contribution in [2.75, 3.05) is 19.6 Å². The first kappa shape index (κ1) is 22.0.